The summed E-state index contributed by atoms with van der Waals surface area (Å²) < 4.78 is 34.1. The monoisotopic (exact) mass is 744 g/mol. The molecule has 0 spiro atoms. The quantitative estimate of drug-likeness (QED) is 0.130. The number of aromatic hydroxyl groups is 3. The van der Waals surface area contributed by atoms with E-state index >= 15 is 0 Å². The molecule has 0 unspecified atom stereocenters. The molecule has 2 fully saturated rings. The number of rotatable bonds is 8. The van der Waals surface area contributed by atoms with Crippen LogP contribution in [0.2, 0.25) is 5.02 Å². The first-order valence-electron chi connectivity index (χ1n) is 16.1. The van der Waals surface area contributed by atoms with Crippen LogP contribution in [-0.4, -0.2) is 114 Å². The van der Waals surface area contributed by atoms with Gasteiger partial charge >= 0.3 is 25.1 Å². The van der Waals surface area contributed by atoms with Gasteiger partial charge in [-0.2, -0.15) is 0 Å². The summed E-state index contributed by atoms with van der Waals surface area (Å²) in [5.74, 6) is -9.34. The lowest BCUT2D eigenvalue weighted by Crippen LogP contribution is -2.56. The topological polar surface area (TPSA) is 225 Å². The number of urea groups is 2. The van der Waals surface area contributed by atoms with Crippen LogP contribution in [0.3, 0.4) is 0 Å². The van der Waals surface area contributed by atoms with E-state index in [1.165, 1.54) is 12.3 Å². The molecule has 5 amide bonds. The summed E-state index contributed by atoms with van der Waals surface area (Å²) in [5.41, 5.74) is -0.391. The van der Waals surface area contributed by atoms with Crippen LogP contribution in [0.1, 0.15) is 45.9 Å². The fourth-order valence-corrected chi connectivity index (χ4v) is 6.89. The van der Waals surface area contributed by atoms with Crippen LogP contribution in [0.25, 0.3) is 0 Å². The Morgan fingerprint density at radius 1 is 1.04 bits per heavy atom. The highest BCUT2D eigenvalue weighted by molar-refractivity contribution is 6.47. The molecule has 6 rings (SSSR count). The minimum atomic E-state index is -1.92. The SMILES string of the molecule is O=C(O)c1c(F)ccc2c1OB(O)[C@@H](NC(=O)[C@H](NC(=O)N1CCN(C3CCN(Cc4cncc(O)c4)CC3)C1=O)c1cc(F)c(O)c(O)c1Cl)C2. The van der Waals surface area contributed by atoms with Crippen LogP contribution in [-0.2, 0) is 17.8 Å². The van der Waals surface area contributed by atoms with E-state index in [9.17, 15) is 53.4 Å². The van der Waals surface area contributed by atoms with Gasteiger partial charge in [-0.3, -0.25) is 14.7 Å². The fourth-order valence-electron chi connectivity index (χ4n) is 6.63. The average Bonchev–Trinajstić information content (AvgIpc) is 3.49. The summed E-state index contributed by atoms with van der Waals surface area (Å²) in [5, 5.41) is 53.9. The number of carboxylic acid groups (broad SMARTS) is 1. The highest BCUT2D eigenvalue weighted by Gasteiger charge is 2.43. The summed E-state index contributed by atoms with van der Waals surface area (Å²) in [6.07, 6.45) is 3.91. The molecule has 2 aromatic carbocycles. The Labute approximate surface area is 299 Å². The minimum absolute atomic E-state index is 0.0584. The first-order valence-corrected chi connectivity index (χ1v) is 16.4. The lowest BCUT2D eigenvalue weighted by molar-refractivity contribution is -0.123. The number of aromatic nitrogens is 1. The predicted octanol–water partition coefficient (Wildman–Crippen LogP) is 2.12. The third-order valence-electron chi connectivity index (χ3n) is 9.26. The zero-order valence-electron chi connectivity index (χ0n) is 27.1. The van der Waals surface area contributed by atoms with Crippen molar-refractivity contribution in [2.75, 3.05) is 26.2 Å². The Morgan fingerprint density at radius 2 is 1.77 bits per heavy atom. The molecule has 7 N–H and O–H groups in total. The normalized spacial score (nSPS) is 18.5. The number of halogens is 3. The van der Waals surface area contributed by atoms with Gasteiger partial charge in [0, 0.05) is 50.5 Å². The number of carboxylic acids is 1. The Morgan fingerprint density at radius 3 is 2.46 bits per heavy atom. The van der Waals surface area contributed by atoms with Crippen LogP contribution in [0, 0.1) is 11.6 Å². The van der Waals surface area contributed by atoms with E-state index in [2.05, 4.69) is 20.5 Å². The van der Waals surface area contributed by atoms with Crippen molar-refractivity contribution in [1.29, 1.82) is 0 Å². The molecule has 52 heavy (non-hydrogen) atoms. The summed E-state index contributed by atoms with van der Waals surface area (Å²) in [6, 6.07) is 0.461. The number of nitrogens with zero attached hydrogens (tertiary/aromatic N) is 4. The smallest absolute Gasteiger partial charge is 0.534 e. The number of imide groups is 1. The fraction of sp³-hybridized carbons (Fsp3) is 0.344. The molecule has 2 saturated heterocycles. The van der Waals surface area contributed by atoms with Crippen molar-refractivity contribution in [3.8, 4) is 23.0 Å². The van der Waals surface area contributed by atoms with Crippen molar-refractivity contribution >= 4 is 42.7 Å². The Hall–Kier alpha value is -5.40. The van der Waals surface area contributed by atoms with Crippen molar-refractivity contribution in [1.82, 2.24) is 30.3 Å². The van der Waals surface area contributed by atoms with Crippen LogP contribution >= 0.6 is 11.6 Å². The Balaban J connectivity index is 1.17. The molecule has 0 radical (unpaired) electrons. The van der Waals surface area contributed by atoms with E-state index in [4.69, 9.17) is 16.3 Å². The van der Waals surface area contributed by atoms with Gasteiger partial charge in [-0.15, -0.1) is 0 Å². The van der Waals surface area contributed by atoms with E-state index in [-0.39, 0.29) is 36.9 Å². The highest BCUT2D eigenvalue weighted by Crippen LogP contribution is 2.41. The van der Waals surface area contributed by atoms with Gasteiger partial charge in [0.15, 0.2) is 17.3 Å². The van der Waals surface area contributed by atoms with Crippen LogP contribution < -0.4 is 15.3 Å². The standard InChI is InChI=1S/C32H32BClF2N6O10/c34-24-19(11-21(36)26(44)27(24)45)25(29(46)38-22-10-16-1-2-20(35)23(30(47)48)28(16)52-33(22)51)39-31(49)42-8-7-41(32(42)50)17-3-5-40(6-4-17)14-15-9-18(43)13-37-12-15/h1-2,9,11-13,17,22,25,43-45,51H,3-8,10,14H2,(H,38,46)(H,39,49)(H,47,48)/t22-,25+/m0/s1. The second-order valence-electron chi connectivity index (χ2n) is 12.6. The summed E-state index contributed by atoms with van der Waals surface area (Å²) in [6.45, 7) is 1.92. The molecule has 2 atom stereocenters. The molecule has 0 bridgehead atoms. The highest BCUT2D eigenvalue weighted by atomic mass is 35.5. The van der Waals surface area contributed by atoms with Gasteiger partial charge in [0.2, 0.25) is 5.91 Å². The van der Waals surface area contributed by atoms with Crippen molar-refractivity contribution in [2.45, 2.75) is 43.8 Å². The van der Waals surface area contributed by atoms with Gasteiger partial charge in [-0.05, 0) is 48.6 Å². The van der Waals surface area contributed by atoms with Crippen molar-refractivity contribution < 1.29 is 58.1 Å². The van der Waals surface area contributed by atoms with Crippen LogP contribution in [0.4, 0.5) is 18.4 Å². The second kappa shape index (κ2) is 14.7. The molecule has 1 aromatic heterocycles. The lowest BCUT2D eigenvalue weighted by atomic mass is 9.72. The summed E-state index contributed by atoms with van der Waals surface area (Å²) in [7, 11) is -1.91. The zero-order chi connectivity index (χ0) is 37.4. The predicted molar refractivity (Wildman–Crippen MR) is 177 cm³/mol. The number of nitrogens with one attached hydrogen (secondary N) is 2. The third-order valence-corrected chi connectivity index (χ3v) is 9.66. The van der Waals surface area contributed by atoms with Gasteiger partial charge in [0.25, 0.3) is 0 Å². The molecular formula is C32H32BClF2N6O10. The Kier molecular flexibility index (Phi) is 10.3. The molecule has 16 nitrogen and oxygen atoms in total. The largest absolute Gasteiger partial charge is 0.547 e. The Bertz CT molecular complexity index is 1940. The van der Waals surface area contributed by atoms with Crippen LogP contribution in [0.5, 0.6) is 23.0 Å². The van der Waals surface area contributed by atoms with Crippen LogP contribution in [0.15, 0.2) is 36.7 Å². The average molecular weight is 745 g/mol. The number of likely N-dealkylation sites (tertiary alicyclic amines) is 1. The van der Waals surface area contributed by atoms with Crippen molar-refractivity contribution in [3.05, 3.63) is 75.6 Å². The minimum Gasteiger partial charge on any atom is -0.534 e. The number of aromatic carboxylic acids is 1. The van der Waals surface area contributed by atoms with E-state index in [1.807, 2.05) is 0 Å². The van der Waals surface area contributed by atoms with Gasteiger partial charge in [0.1, 0.15) is 28.9 Å². The number of hydrogen-bond acceptors (Lipinski definition) is 11. The van der Waals surface area contributed by atoms with Gasteiger partial charge in [-0.1, -0.05) is 17.7 Å². The zero-order valence-corrected chi connectivity index (χ0v) is 27.9. The summed E-state index contributed by atoms with van der Waals surface area (Å²) >= 11 is 6.19. The maximum absolute atomic E-state index is 14.6. The number of piperidine rings is 1. The number of pyridine rings is 1. The number of phenolic OH excluding ortho intramolecular Hbond substituents is 2. The number of hydrogen-bond donors (Lipinski definition) is 7. The van der Waals surface area contributed by atoms with E-state index in [1.54, 1.807) is 17.2 Å². The third kappa shape index (κ3) is 7.19. The lowest BCUT2D eigenvalue weighted by Gasteiger charge is -2.36. The molecule has 4 heterocycles. The molecule has 0 aliphatic carbocycles. The van der Waals surface area contributed by atoms with Gasteiger partial charge in [0.05, 0.1) is 17.2 Å². The van der Waals surface area contributed by atoms with E-state index < -0.39 is 88.1 Å². The molecule has 20 heteroatoms. The van der Waals surface area contributed by atoms with Crippen molar-refractivity contribution in [2.24, 2.45) is 0 Å². The number of amides is 5. The molecule has 0 saturated carbocycles. The number of carbonyl (C=O) groups is 4. The van der Waals surface area contributed by atoms with E-state index in [0.717, 1.165) is 16.5 Å². The van der Waals surface area contributed by atoms with Gasteiger partial charge in [-0.25, -0.2) is 28.1 Å². The summed E-state index contributed by atoms with van der Waals surface area (Å²) in [4.78, 5) is 61.0. The number of phenols is 2. The number of carbonyl (C=O) groups excluding carboxylic acids is 3. The van der Waals surface area contributed by atoms with E-state index in [0.29, 0.717) is 38.5 Å². The maximum atomic E-state index is 14.6. The first-order chi connectivity index (χ1) is 24.7. The van der Waals surface area contributed by atoms with Gasteiger partial charge < -0.3 is 45.6 Å². The maximum Gasteiger partial charge on any atom is 0.547 e. The van der Waals surface area contributed by atoms with Crippen molar-refractivity contribution in [3.63, 3.8) is 0 Å². The molecule has 3 aliphatic rings. The number of fused-ring (bicyclic) bond motifs is 1. The molecule has 3 aliphatic heterocycles. The molecule has 274 valence electrons. The first kappa shape index (κ1) is 36.4. The number of benzene rings is 2. The molecular weight excluding hydrogens is 713 g/mol. The second-order valence-corrected chi connectivity index (χ2v) is 12.9. The molecule has 3 aromatic rings.